The maximum atomic E-state index is 12.0. The fourth-order valence-corrected chi connectivity index (χ4v) is 4.71. The molecule has 5 heteroatoms. The van der Waals surface area contributed by atoms with Gasteiger partial charge in [0.05, 0.1) is 12.0 Å². The van der Waals surface area contributed by atoms with Crippen molar-refractivity contribution in [2.75, 3.05) is 0 Å². The fourth-order valence-electron chi connectivity index (χ4n) is 4.71. The molecule has 5 rings (SSSR count). The third-order valence-electron chi connectivity index (χ3n) is 6.27. The largest absolute Gasteiger partial charge is 0.480 e. The zero-order valence-electron chi connectivity index (χ0n) is 18.6. The highest BCUT2D eigenvalue weighted by molar-refractivity contribution is 5.72. The second kappa shape index (κ2) is 9.24. The topological polar surface area (TPSA) is 60.0 Å². The number of benzene rings is 3. The standard InChI is InChI=1S/C29H25N3O2/c33-28(34)27(31-18-10-11-19-31)20-26-21-32(22-30-26)29(23-12-4-1-5-13-23,24-14-6-2-7-15-24)25-16-8-3-9-17-25/h1-19,21-22,27H,20H2,(H,33,34). The molecule has 168 valence electrons. The summed E-state index contributed by atoms with van der Waals surface area (Å²) >= 11 is 0. The molecule has 2 aromatic heterocycles. The van der Waals surface area contributed by atoms with Gasteiger partial charge in [-0.15, -0.1) is 0 Å². The Labute approximate surface area is 198 Å². The van der Waals surface area contributed by atoms with Gasteiger partial charge in [0.15, 0.2) is 0 Å². The molecule has 5 aromatic rings. The molecule has 5 nitrogen and oxygen atoms in total. The normalized spacial score (nSPS) is 12.4. The molecule has 0 aliphatic rings. The smallest absolute Gasteiger partial charge is 0.327 e. The molecule has 0 spiro atoms. The van der Waals surface area contributed by atoms with E-state index in [4.69, 9.17) is 0 Å². The van der Waals surface area contributed by atoms with Crippen molar-refractivity contribution in [3.63, 3.8) is 0 Å². The van der Waals surface area contributed by atoms with E-state index in [0.717, 1.165) is 16.7 Å². The van der Waals surface area contributed by atoms with Crippen LogP contribution < -0.4 is 0 Å². The average molecular weight is 448 g/mol. The van der Waals surface area contributed by atoms with E-state index in [1.807, 2.05) is 79.3 Å². The monoisotopic (exact) mass is 447 g/mol. The number of hydrogen-bond acceptors (Lipinski definition) is 2. The van der Waals surface area contributed by atoms with Crippen molar-refractivity contribution in [2.45, 2.75) is 18.0 Å². The van der Waals surface area contributed by atoms with Crippen LogP contribution in [-0.4, -0.2) is 25.2 Å². The molecule has 34 heavy (non-hydrogen) atoms. The Bertz CT molecular complexity index is 1250. The highest BCUT2D eigenvalue weighted by Crippen LogP contribution is 2.40. The number of carbonyl (C=O) groups is 1. The Morgan fingerprint density at radius 1 is 0.765 bits per heavy atom. The van der Waals surface area contributed by atoms with Crippen LogP contribution in [0.5, 0.6) is 0 Å². The minimum Gasteiger partial charge on any atom is -0.480 e. The van der Waals surface area contributed by atoms with Crippen LogP contribution in [0.2, 0.25) is 0 Å². The zero-order valence-corrected chi connectivity index (χ0v) is 18.6. The van der Waals surface area contributed by atoms with Crippen LogP contribution in [0.3, 0.4) is 0 Å². The molecule has 0 aliphatic heterocycles. The predicted molar refractivity (Wildman–Crippen MR) is 132 cm³/mol. The van der Waals surface area contributed by atoms with Gasteiger partial charge >= 0.3 is 5.97 Å². The van der Waals surface area contributed by atoms with Gasteiger partial charge in [0, 0.05) is 25.0 Å². The third kappa shape index (κ3) is 3.82. The van der Waals surface area contributed by atoms with E-state index >= 15 is 0 Å². The molecule has 2 heterocycles. The molecule has 0 saturated heterocycles. The second-order valence-electron chi connectivity index (χ2n) is 8.27. The summed E-state index contributed by atoms with van der Waals surface area (Å²) in [6.07, 6.45) is 7.63. The molecule has 0 saturated carbocycles. The van der Waals surface area contributed by atoms with Crippen molar-refractivity contribution in [1.29, 1.82) is 0 Å². The van der Waals surface area contributed by atoms with Gasteiger partial charge in [-0.1, -0.05) is 91.0 Å². The first-order chi connectivity index (χ1) is 16.7. The van der Waals surface area contributed by atoms with Crippen LogP contribution in [-0.2, 0) is 16.8 Å². The minimum absolute atomic E-state index is 0.283. The first-order valence-corrected chi connectivity index (χ1v) is 11.2. The third-order valence-corrected chi connectivity index (χ3v) is 6.27. The maximum Gasteiger partial charge on any atom is 0.327 e. The van der Waals surface area contributed by atoms with Gasteiger partial charge in [-0.05, 0) is 28.8 Å². The molecule has 0 amide bonds. The highest BCUT2D eigenvalue weighted by Gasteiger charge is 2.38. The summed E-state index contributed by atoms with van der Waals surface area (Å²) in [5.74, 6) is -0.883. The quantitative estimate of drug-likeness (QED) is 0.324. The molecule has 0 radical (unpaired) electrons. The van der Waals surface area contributed by atoms with E-state index in [1.54, 1.807) is 17.0 Å². The zero-order chi connectivity index (χ0) is 23.4. The van der Waals surface area contributed by atoms with Crippen LogP contribution >= 0.6 is 0 Å². The summed E-state index contributed by atoms with van der Waals surface area (Å²) in [5, 5.41) is 9.85. The fraction of sp³-hybridized carbons (Fsp3) is 0.103. The van der Waals surface area contributed by atoms with E-state index < -0.39 is 17.6 Å². The molecular formula is C29H25N3O2. The van der Waals surface area contributed by atoms with Crippen molar-refractivity contribution < 1.29 is 9.90 Å². The van der Waals surface area contributed by atoms with E-state index in [1.165, 1.54) is 0 Å². The van der Waals surface area contributed by atoms with Gasteiger partial charge in [-0.3, -0.25) is 0 Å². The van der Waals surface area contributed by atoms with Crippen molar-refractivity contribution in [3.8, 4) is 0 Å². The molecule has 3 aromatic carbocycles. The highest BCUT2D eigenvalue weighted by atomic mass is 16.4. The number of rotatable bonds is 8. The van der Waals surface area contributed by atoms with Gasteiger partial charge in [-0.25, -0.2) is 9.78 Å². The number of imidazole rings is 1. The Balaban J connectivity index is 1.68. The van der Waals surface area contributed by atoms with Crippen LogP contribution in [0, 0.1) is 0 Å². The Morgan fingerprint density at radius 2 is 1.24 bits per heavy atom. The Kier molecular flexibility index (Phi) is 5.83. The summed E-state index contributed by atoms with van der Waals surface area (Å²) in [6, 6.07) is 34.0. The summed E-state index contributed by atoms with van der Waals surface area (Å²) < 4.78 is 3.82. The van der Waals surface area contributed by atoms with Crippen LogP contribution in [0.15, 0.2) is 128 Å². The number of aliphatic carboxylic acids is 1. The van der Waals surface area contributed by atoms with Crippen molar-refractivity contribution >= 4 is 5.97 Å². The number of hydrogen-bond donors (Lipinski definition) is 1. The van der Waals surface area contributed by atoms with Crippen LogP contribution in [0.1, 0.15) is 28.4 Å². The summed E-state index contributed by atoms with van der Waals surface area (Å²) in [6.45, 7) is 0. The van der Waals surface area contributed by atoms with E-state index in [0.29, 0.717) is 5.69 Å². The van der Waals surface area contributed by atoms with E-state index in [2.05, 4.69) is 45.9 Å². The lowest BCUT2D eigenvalue weighted by Gasteiger charge is -2.37. The van der Waals surface area contributed by atoms with Gasteiger partial charge < -0.3 is 14.2 Å². The number of carboxylic acids is 1. The molecule has 0 bridgehead atoms. The first-order valence-electron chi connectivity index (χ1n) is 11.2. The van der Waals surface area contributed by atoms with Crippen molar-refractivity contribution in [1.82, 2.24) is 14.1 Å². The van der Waals surface area contributed by atoms with E-state index in [-0.39, 0.29) is 6.42 Å². The lowest BCUT2D eigenvalue weighted by atomic mass is 9.77. The molecule has 1 atom stereocenters. The second-order valence-corrected chi connectivity index (χ2v) is 8.27. The van der Waals surface area contributed by atoms with Crippen molar-refractivity contribution in [3.05, 3.63) is 150 Å². The average Bonchev–Trinajstić information content (AvgIpc) is 3.58. The molecule has 1 N–H and O–H groups in total. The molecule has 0 aliphatic carbocycles. The van der Waals surface area contributed by atoms with Crippen LogP contribution in [0.4, 0.5) is 0 Å². The lowest BCUT2D eigenvalue weighted by Crippen LogP contribution is -2.37. The first kappa shape index (κ1) is 21.5. The summed E-state index contributed by atoms with van der Waals surface area (Å²) in [7, 11) is 0. The number of nitrogens with zero attached hydrogens (tertiary/aromatic N) is 3. The predicted octanol–water partition coefficient (Wildman–Crippen LogP) is 5.39. The molecular weight excluding hydrogens is 422 g/mol. The number of aromatic nitrogens is 3. The maximum absolute atomic E-state index is 12.0. The van der Waals surface area contributed by atoms with Gasteiger partial charge in [0.25, 0.3) is 0 Å². The lowest BCUT2D eigenvalue weighted by molar-refractivity contribution is -0.140. The minimum atomic E-state index is -0.883. The van der Waals surface area contributed by atoms with E-state index in [9.17, 15) is 9.90 Å². The van der Waals surface area contributed by atoms with Gasteiger partial charge in [-0.2, -0.15) is 0 Å². The summed E-state index contributed by atoms with van der Waals surface area (Å²) in [4.78, 5) is 16.7. The van der Waals surface area contributed by atoms with Gasteiger partial charge in [0.2, 0.25) is 0 Å². The number of carboxylic acid groups (broad SMARTS) is 1. The Morgan fingerprint density at radius 3 is 1.68 bits per heavy atom. The molecule has 1 unspecified atom stereocenters. The molecule has 0 fully saturated rings. The SMILES string of the molecule is O=C(O)C(Cc1cn(C(c2ccccc2)(c2ccccc2)c2ccccc2)cn1)n1cccc1. The van der Waals surface area contributed by atoms with Crippen molar-refractivity contribution in [2.24, 2.45) is 0 Å². The van der Waals surface area contributed by atoms with Crippen LogP contribution in [0.25, 0.3) is 0 Å². The van der Waals surface area contributed by atoms with Gasteiger partial charge in [0.1, 0.15) is 11.6 Å². The summed E-state index contributed by atoms with van der Waals surface area (Å²) in [5.41, 5.74) is 3.33. The Hall–Kier alpha value is -4.38.